The molecule has 37 heavy (non-hydrogen) atoms. The van der Waals surface area contributed by atoms with Crippen LogP contribution < -0.4 is 4.57 Å². The van der Waals surface area contributed by atoms with Crippen LogP contribution in [0.3, 0.4) is 0 Å². The fraction of sp³-hybridized carbons (Fsp3) is 0.273. The van der Waals surface area contributed by atoms with Crippen molar-refractivity contribution < 1.29 is 32.3 Å². The molecule has 0 fully saturated rings. The van der Waals surface area contributed by atoms with E-state index >= 15 is 0 Å². The van der Waals surface area contributed by atoms with E-state index in [0.29, 0.717) is 21.9 Å². The standard InChI is InChI=1S/C33H34N3O/c1-19(2)23-11-10-12-24(20(3)4)30(23)36-28-14-9-8-13-27(28)35(7)33(36)29-21(5)15-17-25-26-18-16-22(6)34-32(26)37-31(25)29/h8-20H,1-7H3/q+1/i1D3,2D3,3D3,4D3,6D3,19D,20D. The summed E-state index contributed by atoms with van der Waals surface area (Å²) in [6, 6.07) is 15.9. The normalized spacial score (nSPS) is 21.2. The van der Waals surface area contributed by atoms with Gasteiger partial charge < -0.3 is 4.42 Å². The molecule has 186 valence electrons. The van der Waals surface area contributed by atoms with Gasteiger partial charge >= 0.3 is 0 Å². The van der Waals surface area contributed by atoms with Crippen LogP contribution in [0.25, 0.3) is 50.2 Å². The quantitative estimate of drug-likeness (QED) is 0.226. The number of aromatic nitrogens is 3. The molecular formula is C33H34N3O+. The first kappa shape index (κ1) is 11.2. The van der Waals surface area contributed by atoms with Gasteiger partial charge in [-0.3, -0.25) is 0 Å². The first-order valence-electron chi connectivity index (χ1n) is 20.1. The maximum Gasteiger partial charge on any atom is 0.299 e. The minimum Gasteiger partial charge on any atom is -0.437 e. The zero-order valence-corrected chi connectivity index (χ0v) is 20.1. The molecular weight excluding hydrogens is 454 g/mol. The molecule has 4 heteroatoms. The summed E-state index contributed by atoms with van der Waals surface area (Å²) in [5.74, 6) is -6.89. The number of benzene rings is 3. The van der Waals surface area contributed by atoms with Crippen molar-refractivity contribution in [2.45, 2.75) is 53.0 Å². The Hall–Kier alpha value is -3.92. The van der Waals surface area contributed by atoms with Gasteiger partial charge in [0.15, 0.2) is 16.6 Å². The van der Waals surface area contributed by atoms with E-state index in [1.807, 2.05) is 0 Å². The van der Waals surface area contributed by atoms with E-state index in [-0.39, 0.29) is 33.9 Å². The molecule has 0 N–H and O–H groups in total. The number of aryl methyl sites for hydroxylation is 3. The average molecular weight is 506 g/mol. The zero-order chi connectivity index (χ0) is 40.4. The molecule has 0 spiro atoms. The van der Waals surface area contributed by atoms with Gasteiger partial charge in [-0.25, -0.2) is 9.55 Å². The predicted octanol–water partition coefficient (Wildman–Crippen LogP) is 8.28. The summed E-state index contributed by atoms with van der Waals surface area (Å²) in [5.41, 5.74) is -0.834. The summed E-state index contributed by atoms with van der Waals surface area (Å²) in [4.78, 5) is 4.25. The van der Waals surface area contributed by atoms with Crippen molar-refractivity contribution in [3.63, 3.8) is 0 Å². The highest BCUT2D eigenvalue weighted by Crippen LogP contribution is 2.41. The van der Waals surface area contributed by atoms with Gasteiger partial charge in [0, 0.05) is 50.9 Å². The summed E-state index contributed by atoms with van der Waals surface area (Å²) >= 11 is 0. The minimum absolute atomic E-state index is 0.0261. The van der Waals surface area contributed by atoms with Crippen LogP contribution in [-0.2, 0) is 7.05 Å². The highest BCUT2D eigenvalue weighted by Gasteiger charge is 2.33. The van der Waals surface area contributed by atoms with Crippen molar-refractivity contribution in [2.24, 2.45) is 7.05 Å². The third-order valence-corrected chi connectivity index (χ3v) is 6.75. The molecule has 0 radical (unpaired) electrons. The molecule has 0 atom stereocenters. The molecule has 3 aromatic carbocycles. The molecule has 0 saturated heterocycles. The Morgan fingerprint density at radius 3 is 2.35 bits per heavy atom. The third-order valence-electron chi connectivity index (χ3n) is 6.75. The molecule has 3 heterocycles. The number of hydrogen-bond donors (Lipinski definition) is 0. The van der Waals surface area contributed by atoms with Crippen LogP contribution in [0, 0.1) is 13.8 Å². The molecule has 6 aromatic rings. The first-order chi connectivity index (χ1) is 24.6. The molecule has 0 saturated carbocycles. The second-order valence-corrected chi connectivity index (χ2v) is 8.94. The van der Waals surface area contributed by atoms with Crippen LogP contribution in [0.1, 0.15) is 84.9 Å². The van der Waals surface area contributed by atoms with Crippen LogP contribution in [0.15, 0.2) is 71.1 Å². The van der Waals surface area contributed by atoms with Crippen LogP contribution >= 0.6 is 0 Å². The maximum absolute atomic E-state index is 9.31. The monoisotopic (exact) mass is 505 g/mol. The van der Waals surface area contributed by atoms with E-state index in [4.69, 9.17) is 25.0 Å². The van der Waals surface area contributed by atoms with Crippen LogP contribution in [0.4, 0.5) is 0 Å². The van der Waals surface area contributed by atoms with E-state index in [1.165, 1.54) is 10.6 Å². The van der Waals surface area contributed by atoms with Crippen molar-refractivity contribution in [3.8, 4) is 17.1 Å². The van der Waals surface area contributed by atoms with Crippen molar-refractivity contribution in [3.05, 3.63) is 89.1 Å². The minimum atomic E-state index is -3.61. The molecule has 0 amide bonds. The summed E-state index contributed by atoms with van der Waals surface area (Å²) in [6.07, 6.45) is 0. The highest BCUT2D eigenvalue weighted by atomic mass is 16.3. The number of para-hydroxylation sites is 3. The molecule has 4 nitrogen and oxygen atoms in total. The molecule has 3 aromatic heterocycles. The Balaban J connectivity index is 1.92. The number of imidazole rings is 1. The summed E-state index contributed by atoms with van der Waals surface area (Å²) in [5, 5.41) is 0.913. The Kier molecular flexibility index (Phi) is 2.60. The molecule has 0 bridgehead atoms. The Morgan fingerprint density at radius 1 is 0.892 bits per heavy atom. The second-order valence-electron chi connectivity index (χ2n) is 8.94. The van der Waals surface area contributed by atoms with Crippen molar-refractivity contribution in [1.29, 1.82) is 0 Å². The van der Waals surface area contributed by atoms with Crippen molar-refractivity contribution in [1.82, 2.24) is 9.55 Å². The van der Waals surface area contributed by atoms with Crippen LogP contribution in [-0.4, -0.2) is 9.55 Å². The number of fused-ring (bicyclic) bond motifs is 4. The van der Waals surface area contributed by atoms with Crippen LogP contribution in [0.5, 0.6) is 0 Å². The Bertz CT molecular complexity index is 2360. The summed E-state index contributed by atoms with van der Waals surface area (Å²) < 4.78 is 152. The lowest BCUT2D eigenvalue weighted by Crippen LogP contribution is -2.30. The van der Waals surface area contributed by atoms with Gasteiger partial charge in [-0.1, -0.05) is 69.9 Å². The van der Waals surface area contributed by atoms with E-state index in [1.54, 1.807) is 61.0 Å². The smallest absolute Gasteiger partial charge is 0.299 e. The van der Waals surface area contributed by atoms with Crippen LogP contribution in [0.2, 0.25) is 0 Å². The summed E-state index contributed by atoms with van der Waals surface area (Å²) in [6.45, 7) is -15.3. The topological polar surface area (TPSA) is 34.8 Å². The van der Waals surface area contributed by atoms with E-state index in [0.717, 1.165) is 18.2 Å². The Labute approximate surface area is 242 Å². The Morgan fingerprint density at radius 2 is 1.62 bits per heavy atom. The number of nitrogens with zero attached hydrogens (tertiary/aromatic N) is 3. The molecule has 0 aliphatic rings. The van der Waals surface area contributed by atoms with Crippen molar-refractivity contribution in [2.75, 3.05) is 0 Å². The lowest BCUT2D eigenvalue weighted by Gasteiger charge is -2.18. The van der Waals surface area contributed by atoms with Gasteiger partial charge in [0.25, 0.3) is 5.82 Å². The van der Waals surface area contributed by atoms with Gasteiger partial charge in [-0.15, -0.1) is 0 Å². The fourth-order valence-electron chi connectivity index (χ4n) is 5.11. The number of rotatable bonds is 4. The van der Waals surface area contributed by atoms with Crippen molar-refractivity contribution >= 4 is 33.1 Å². The molecule has 0 aliphatic heterocycles. The van der Waals surface area contributed by atoms with E-state index < -0.39 is 62.9 Å². The number of pyridine rings is 1. The predicted molar refractivity (Wildman–Crippen MR) is 153 cm³/mol. The van der Waals surface area contributed by atoms with Gasteiger partial charge in [-0.2, -0.15) is 4.57 Å². The number of furan rings is 1. The molecule has 0 unspecified atom stereocenters. The zero-order valence-electron chi connectivity index (χ0n) is 37.1. The van der Waals surface area contributed by atoms with Gasteiger partial charge in [0.2, 0.25) is 5.71 Å². The lowest BCUT2D eigenvalue weighted by molar-refractivity contribution is -0.633. The highest BCUT2D eigenvalue weighted by molar-refractivity contribution is 6.09. The second kappa shape index (κ2) is 8.58. The maximum atomic E-state index is 9.31. The van der Waals surface area contributed by atoms with Gasteiger partial charge in [-0.05, 0) is 55.4 Å². The molecule has 6 rings (SSSR count). The fourth-order valence-corrected chi connectivity index (χ4v) is 5.11. The molecule has 0 aliphatic carbocycles. The van der Waals surface area contributed by atoms with E-state index in [9.17, 15) is 2.74 Å². The van der Waals surface area contributed by atoms with E-state index in [2.05, 4.69) is 4.98 Å². The first-order valence-corrected chi connectivity index (χ1v) is 11.6. The largest absolute Gasteiger partial charge is 0.437 e. The summed E-state index contributed by atoms with van der Waals surface area (Å²) in [7, 11) is 1.62. The van der Waals surface area contributed by atoms with Gasteiger partial charge in [0.1, 0.15) is 11.3 Å². The average Bonchev–Trinajstić information content (AvgIpc) is 3.55. The van der Waals surface area contributed by atoms with Gasteiger partial charge in [0.05, 0.1) is 7.05 Å². The lowest BCUT2D eigenvalue weighted by atomic mass is 9.92. The third kappa shape index (κ3) is 3.50. The SMILES string of the molecule is [2H]C([2H])([2H])c1ccc2c(n1)oc1c(-c3n(-c4c(C([2H])(C([2H])([2H])[2H])C([2H])([2H])[2H])cccc4C([2H])(C([2H])([2H])[2H])C([2H])([2H])[2H])c4ccccc4[n+]3C)c(C)ccc12. The number of hydrogen-bond acceptors (Lipinski definition) is 2.